The molecule has 2 aromatic rings. The van der Waals surface area contributed by atoms with Crippen molar-refractivity contribution in [1.29, 1.82) is 0 Å². The molecule has 3 aliphatic rings. The first-order valence-electron chi connectivity index (χ1n) is 12.5. The Kier molecular flexibility index (Phi) is 6.24. The van der Waals surface area contributed by atoms with Crippen LogP contribution in [0, 0.1) is 23.7 Å². The van der Waals surface area contributed by atoms with Crippen LogP contribution in [0.15, 0.2) is 53.3 Å². The van der Waals surface area contributed by atoms with Gasteiger partial charge in [0.05, 0.1) is 11.1 Å². The Balaban J connectivity index is 1.65. The maximum atomic E-state index is 13.7. The molecular weight excluding hydrogens is 500 g/mol. The van der Waals surface area contributed by atoms with Crippen LogP contribution in [0.3, 0.4) is 0 Å². The van der Waals surface area contributed by atoms with E-state index in [1.54, 1.807) is 6.07 Å². The van der Waals surface area contributed by atoms with Crippen LogP contribution in [0.4, 0.5) is 5.69 Å². The van der Waals surface area contributed by atoms with Crippen LogP contribution in [0.1, 0.15) is 35.1 Å². The number of ketones is 2. The minimum Gasteiger partial charge on any atom is -0.508 e. The van der Waals surface area contributed by atoms with Crippen molar-refractivity contribution in [3.05, 3.63) is 75.6 Å². The van der Waals surface area contributed by atoms with Crippen molar-refractivity contribution in [2.24, 2.45) is 17.6 Å². The van der Waals surface area contributed by atoms with E-state index in [0.29, 0.717) is 17.7 Å². The quantitative estimate of drug-likeness (QED) is 0.299. The largest absolute Gasteiger partial charge is 0.508 e. The Morgan fingerprint density at radius 3 is 2.46 bits per heavy atom. The van der Waals surface area contributed by atoms with Crippen LogP contribution >= 0.6 is 0 Å². The lowest BCUT2D eigenvalue weighted by molar-refractivity contribution is -0.147. The third kappa shape index (κ3) is 3.96. The Labute approximate surface area is 224 Å². The summed E-state index contributed by atoms with van der Waals surface area (Å²) in [5.41, 5.74) is 4.20. The van der Waals surface area contributed by atoms with Gasteiger partial charge in [0.2, 0.25) is 5.78 Å². The Morgan fingerprint density at radius 2 is 1.82 bits per heavy atom. The number of aliphatic hydroxyl groups excluding tert-OH is 2. The fourth-order valence-electron chi connectivity index (χ4n) is 6.00. The number of anilines is 1. The zero-order chi connectivity index (χ0) is 28.2. The van der Waals surface area contributed by atoms with Gasteiger partial charge in [0, 0.05) is 44.1 Å². The number of Topliss-reactive ketones (excluding diaryl/α,β-unsaturated/α-hetero) is 2. The van der Waals surface area contributed by atoms with Gasteiger partial charge in [-0.25, -0.2) is 0 Å². The number of hydrogen-bond acceptors (Lipinski definition) is 8. The van der Waals surface area contributed by atoms with Gasteiger partial charge in [0.25, 0.3) is 5.91 Å². The maximum absolute atomic E-state index is 13.7. The first kappa shape index (κ1) is 26.1. The maximum Gasteiger partial charge on any atom is 0.255 e. The first-order chi connectivity index (χ1) is 18.5. The van der Waals surface area contributed by atoms with E-state index in [9.17, 15) is 34.8 Å². The van der Waals surface area contributed by atoms with Gasteiger partial charge in [0.15, 0.2) is 11.4 Å². The lowest BCUT2D eigenvalue weighted by Crippen LogP contribution is -2.58. The number of nitrogens with zero attached hydrogens (tertiary/aromatic N) is 1. The van der Waals surface area contributed by atoms with Gasteiger partial charge < -0.3 is 31.1 Å². The number of carbonyl (C=O) groups is 3. The zero-order valence-electron chi connectivity index (χ0n) is 21.5. The van der Waals surface area contributed by atoms with E-state index in [1.807, 2.05) is 49.3 Å². The number of aromatic hydroxyl groups is 1. The summed E-state index contributed by atoms with van der Waals surface area (Å²) in [5.74, 6) is -0.573. The highest BCUT2D eigenvalue weighted by Crippen LogP contribution is 2.53. The minimum absolute atomic E-state index is 0.0253. The number of rotatable bonds is 3. The smallest absolute Gasteiger partial charge is 0.255 e. The number of carbonyl (C=O) groups excluding carboxylic acids is 3. The molecule has 2 aromatic carbocycles. The lowest BCUT2D eigenvalue weighted by atomic mass is 9.59. The number of fused-ring (bicyclic) bond motifs is 3. The molecule has 0 saturated heterocycles. The molecule has 1 amide bonds. The molecule has 3 atom stereocenters. The second-order valence-corrected chi connectivity index (χ2v) is 10.4. The van der Waals surface area contributed by atoms with Crippen molar-refractivity contribution in [3.63, 3.8) is 0 Å². The van der Waals surface area contributed by atoms with E-state index in [1.165, 1.54) is 0 Å². The summed E-state index contributed by atoms with van der Waals surface area (Å²) in [7, 11) is 3.62. The summed E-state index contributed by atoms with van der Waals surface area (Å²) in [5, 5.41) is 44.8. The average Bonchev–Trinajstić information content (AvgIpc) is 2.87. The molecular formula is C30H28N2O7. The molecule has 3 aliphatic carbocycles. The van der Waals surface area contributed by atoms with Crippen molar-refractivity contribution in [2.75, 3.05) is 19.0 Å². The highest BCUT2D eigenvalue weighted by Gasteiger charge is 2.60. The topological polar surface area (TPSA) is 161 Å². The number of hydrogen-bond donors (Lipinski definition) is 5. The molecule has 0 radical (unpaired) electrons. The molecule has 0 spiro atoms. The van der Waals surface area contributed by atoms with E-state index in [0.717, 1.165) is 5.56 Å². The van der Waals surface area contributed by atoms with E-state index in [4.69, 9.17) is 5.73 Å². The standard InChI is InChI=1S/C30H28N2O7/c1-32(2)20-13-16(10-6-9-15-7-4-3-5-8-15)25(34)23-19(20)12-17-11-18-14-21(33)24(29(31)38)28(37)30(18,39)27(36)22(17)26(23)35/h3-5,7-8,13,17-18,34-35,37,39H,9,11-12,14H2,1-2H3,(H2,31,38). The zero-order valence-corrected chi connectivity index (χ0v) is 21.5. The summed E-state index contributed by atoms with van der Waals surface area (Å²) in [4.78, 5) is 39.9. The van der Waals surface area contributed by atoms with Crippen molar-refractivity contribution < 1.29 is 34.8 Å². The van der Waals surface area contributed by atoms with Crippen molar-refractivity contribution >= 4 is 28.9 Å². The monoisotopic (exact) mass is 528 g/mol. The third-order valence-electron chi connectivity index (χ3n) is 7.88. The highest BCUT2D eigenvalue weighted by molar-refractivity contribution is 6.22. The molecule has 3 unspecified atom stereocenters. The molecule has 9 nitrogen and oxygen atoms in total. The molecule has 1 fully saturated rings. The van der Waals surface area contributed by atoms with Crippen LogP contribution in [0.25, 0.3) is 5.76 Å². The molecule has 5 rings (SSSR count). The summed E-state index contributed by atoms with van der Waals surface area (Å²) in [6.45, 7) is 0. The number of phenols is 1. The summed E-state index contributed by atoms with van der Waals surface area (Å²) < 4.78 is 0. The molecule has 1 saturated carbocycles. The highest BCUT2D eigenvalue weighted by atomic mass is 16.3. The number of primary amides is 1. The Hall–Kier alpha value is -4.55. The van der Waals surface area contributed by atoms with Crippen LogP contribution in [0.5, 0.6) is 5.75 Å². The lowest BCUT2D eigenvalue weighted by Gasteiger charge is -2.46. The van der Waals surface area contributed by atoms with Crippen molar-refractivity contribution in [2.45, 2.75) is 31.3 Å². The third-order valence-corrected chi connectivity index (χ3v) is 7.88. The van der Waals surface area contributed by atoms with Crippen molar-refractivity contribution in [1.82, 2.24) is 0 Å². The van der Waals surface area contributed by atoms with Gasteiger partial charge >= 0.3 is 0 Å². The molecule has 0 bridgehead atoms. The first-order valence-corrected chi connectivity index (χ1v) is 12.5. The van der Waals surface area contributed by atoms with Gasteiger partial charge in [-0.2, -0.15) is 0 Å². The molecule has 0 aliphatic heterocycles. The Morgan fingerprint density at radius 1 is 1.13 bits per heavy atom. The summed E-state index contributed by atoms with van der Waals surface area (Å²) in [6, 6.07) is 11.3. The van der Waals surface area contributed by atoms with Crippen LogP contribution in [-0.2, 0) is 27.2 Å². The van der Waals surface area contributed by atoms with Crippen LogP contribution in [0.2, 0.25) is 0 Å². The molecule has 9 heteroatoms. The van der Waals surface area contributed by atoms with Gasteiger partial charge in [-0.3, -0.25) is 14.4 Å². The van der Waals surface area contributed by atoms with E-state index in [2.05, 4.69) is 11.8 Å². The second-order valence-electron chi connectivity index (χ2n) is 10.4. The number of benzene rings is 2. The molecule has 0 heterocycles. The number of nitrogens with two attached hydrogens (primary N) is 1. The predicted molar refractivity (Wildman–Crippen MR) is 143 cm³/mol. The average molecular weight is 529 g/mol. The van der Waals surface area contributed by atoms with Gasteiger partial charge in [-0.05, 0) is 36.0 Å². The molecule has 6 N–H and O–H groups in total. The number of phenolic OH excluding ortho intramolecular Hbond substituents is 1. The van der Waals surface area contributed by atoms with E-state index >= 15 is 0 Å². The molecule has 0 aromatic heterocycles. The normalized spacial score (nSPS) is 23.9. The van der Waals surface area contributed by atoms with Crippen LogP contribution in [-0.4, -0.2) is 57.6 Å². The summed E-state index contributed by atoms with van der Waals surface area (Å²) >= 11 is 0. The fraction of sp³-hybridized carbons (Fsp3) is 0.300. The van der Waals surface area contributed by atoms with Crippen LogP contribution < -0.4 is 10.6 Å². The molecule has 200 valence electrons. The second kappa shape index (κ2) is 9.33. The Bertz CT molecular complexity index is 1560. The number of aliphatic hydroxyl groups is 3. The fourth-order valence-corrected chi connectivity index (χ4v) is 6.00. The number of amides is 1. The predicted octanol–water partition coefficient (Wildman–Crippen LogP) is 2.08. The van der Waals surface area contributed by atoms with E-state index in [-0.39, 0.29) is 41.7 Å². The van der Waals surface area contributed by atoms with Crippen molar-refractivity contribution in [3.8, 4) is 17.6 Å². The summed E-state index contributed by atoms with van der Waals surface area (Å²) in [6.07, 6.45) is 0.384. The van der Waals surface area contributed by atoms with Gasteiger partial charge in [0.1, 0.15) is 22.8 Å². The SMILES string of the molecule is CN(C)c1cc(C#CCc2ccccc2)c(O)c2c1CC1CC3CC(=O)C(C(N)=O)=C(O)C3(O)C(=O)C1=C2O. The van der Waals surface area contributed by atoms with Gasteiger partial charge in [-0.15, -0.1) is 0 Å². The van der Waals surface area contributed by atoms with E-state index < -0.39 is 52.0 Å². The van der Waals surface area contributed by atoms with Gasteiger partial charge in [-0.1, -0.05) is 42.2 Å². The minimum atomic E-state index is -2.59. The molecule has 39 heavy (non-hydrogen) atoms.